The number of benzene rings is 9. The summed E-state index contributed by atoms with van der Waals surface area (Å²) in [4.78, 5) is 15.0. The zero-order valence-corrected chi connectivity index (χ0v) is 34.0. The molecule has 1 aliphatic heterocycles. The van der Waals surface area contributed by atoms with Gasteiger partial charge in [-0.25, -0.2) is 15.0 Å². The fourth-order valence-electron chi connectivity index (χ4n) is 9.37. The second kappa shape index (κ2) is 14.9. The van der Waals surface area contributed by atoms with Gasteiger partial charge in [-0.2, -0.15) is 0 Å². The fourth-order valence-corrected chi connectivity index (χ4v) is 9.37. The molecule has 0 atom stereocenters. The number of nitrogens with zero attached hydrogens (tertiary/aromatic N) is 3. The van der Waals surface area contributed by atoms with E-state index in [4.69, 9.17) is 24.4 Å². The number of ether oxygens (including phenoxy) is 2. The Balaban J connectivity index is 0.910. The number of fused-ring (bicyclic) bond motifs is 6. The molecule has 2 aliphatic rings. The van der Waals surface area contributed by atoms with Crippen LogP contribution in [0.3, 0.4) is 0 Å². The van der Waals surface area contributed by atoms with E-state index in [0.29, 0.717) is 34.7 Å². The summed E-state index contributed by atoms with van der Waals surface area (Å²) in [7, 11) is 0. The van der Waals surface area contributed by atoms with Gasteiger partial charge >= 0.3 is 0 Å². The monoisotopic (exact) mass is 807 g/mol. The van der Waals surface area contributed by atoms with E-state index in [2.05, 4.69) is 182 Å². The van der Waals surface area contributed by atoms with Crippen LogP contribution in [0.1, 0.15) is 22.3 Å². The topological polar surface area (TPSA) is 57.1 Å². The normalized spacial score (nSPS) is 12.8. The van der Waals surface area contributed by atoms with Crippen LogP contribution in [0.25, 0.3) is 67.5 Å². The molecular formula is C58H37N3O2. The van der Waals surface area contributed by atoms with E-state index in [-0.39, 0.29) is 0 Å². The zero-order valence-electron chi connectivity index (χ0n) is 34.0. The first-order valence-corrected chi connectivity index (χ1v) is 21.2. The molecule has 0 bridgehead atoms. The third-order valence-corrected chi connectivity index (χ3v) is 12.3. The maximum absolute atomic E-state index is 6.99. The van der Waals surface area contributed by atoms with Crippen molar-refractivity contribution in [3.63, 3.8) is 0 Å². The molecule has 0 saturated heterocycles. The lowest BCUT2D eigenvalue weighted by molar-refractivity contribution is 0.360. The van der Waals surface area contributed by atoms with Crippen molar-refractivity contribution in [1.29, 1.82) is 0 Å². The number of hydrogen-bond donors (Lipinski definition) is 0. The van der Waals surface area contributed by atoms with Crippen LogP contribution in [0.15, 0.2) is 224 Å². The van der Waals surface area contributed by atoms with Gasteiger partial charge in [-0.15, -0.1) is 0 Å². The summed E-state index contributed by atoms with van der Waals surface area (Å²) in [5.41, 5.74) is 13.4. The van der Waals surface area contributed by atoms with E-state index in [1.54, 1.807) is 0 Å². The second-order valence-corrected chi connectivity index (χ2v) is 15.9. The number of rotatable bonds is 7. The van der Waals surface area contributed by atoms with E-state index in [9.17, 15) is 0 Å². The Bertz CT molecular complexity index is 3280. The van der Waals surface area contributed by atoms with Gasteiger partial charge in [0.25, 0.3) is 0 Å². The standard InChI is InChI=1S/C58H37N3O2/c1-5-16-38(17-6-1)42-20-15-21-44(36-42)57-60-55(40-18-7-2-8-19-40)59-56(61-57)41-30-28-39(29-31-41)43-32-34-50-52(37-43)63-54-51(62-50)35-33-49-53(54)47-26-13-14-27-48(47)58(49,45-22-9-3-10-23-45)46-24-11-4-12-25-46/h1-37H. The highest BCUT2D eigenvalue weighted by Gasteiger charge is 2.48. The van der Waals surface area contributed by atoms with Crippen LogP contribution >= 0.6 is 0 Å². The molecule has 1 aromatic heterocycles. The molecule has 10 aromatic rings. The van der Waals surface area contributed by atoms with Gasteiger partial charge in [-0.3, -0.25) is 0 Å². The average Bonchev–Trinajstić information content (AvgIpc) is 3.68. The summed E-state index contributed by atoms with van der Waals surface area (Å²) in [5.74, 6) is 4.60. The SMILES string of the molecule is c1ccc(-c2cccc(-c3nc(-c4ccccc4)nc(-c4ccc(-c5ccc6c(c5)Oc5c(ccc7c5-c5ccccc5C7(c5ccccc5)c5ccccc5)O6)cc4)n3)c2)cc1. The minimum atomic E-state index is -0.538. The molecule has 0 radical (unpaired) electrons. The molecule has 1 aliphatic carbocycles. The van der Waals surface area contributed by atoms with Crippen LogP contribution < -0.4 is 9.47 Å². The average molecular weight is 808 g/mol. The van der Waals surface area contributed by atoms with Crippen molar-refractivity contribution in [2.45, 2.75) is 5.41 Å². The molecule has 5 heteroatoms. The molecule has 0 N–H and O–H groups in total. The van der Waals surface area contributed by atoms with E-state index >= 15 is 0 Å². The van der Waals surface area contributed by atoms with E-state index < -0.39 is 5.41 Å². The van der Waals surface area contributed by atoms with Gasteiger partial charge < -0.3 is 9.47 Å². The Labute approximate surface area is 365 Å². The number of hydrogen-bond acceptors (Lipinski definition) is 5. The maximum Gasteiger partial charge on any atom is 0.178 e. The van der Waals surface area contributed by atoms with Crippen LogP contribution in [0.5, 0.6) is 23.0 Å². The molecule has 5 nitrogen and oxygen atoms in total. The van der Waals surface area contributed by atoms with E-state index in [0.717, 1.165) is 55.8 Å². The van der Waals surface area contributed by atoms with Gasteiger partial charge in [0, 0.05) is 22.3 Å². The molecule has 12 rings (SSSR count). The predicted molar refractivity (Wildman–Crippen MR) is 251 cm³/mol. The van der Waals surface area contributed by atoms with E-state index in [1.807, 2.05) is 42.5 Å². The first kappa shape index (κ1) is 36.4. The molecule has 0 amide bonds. The second-order valence-electron chi connectivity index (χ2n) is 15.9. The molecule has 296 valence electrons. The van der Waals surface area contributed by atoms with Gasteiger partial charge in [0.15, 0.2) is 40.5 Å². The largest absolute Gasteiger partial charge is 0.449 e. The summed E-state index contributed by atoms with van der Waals surface area (Å²) in [6, 6.07) is 77.9. The van der Waals surface area contributed by atoms with Gasteiger partial charge in [0.05, 0.1) is 5.41 Å². The van der Waals surface area contributed by atoms with Crippen LogP contribution in [0, 0.1) is 0 Å². The van der Waals surface area contributed by atoms with Crippen LogP contribution in [-0.4, -0.2) is 15.0 Å². The fraction of sp³-hybridized carbons (Fsp3) is 0.0172. The van der Waals surface area contributed by atoms with Crippen molar-refractivity contribution in [2.24, 2.45) is 0 Å². The zero-order chi connectivity index (χ0) is 41.7. The Hall–Kier alpha value is -8.41. The van der Waals surface area contributed by atoms with Gasteiger partial charge in [0.1, 0.15) is 0 Å². The molecular weight excluding hydrogens is 771 g/mol. The van der Waals surface area contributed by atoms with Crippen LogP contribution in [0.4, 0.5) is 0 Å². The van der Waals surface area contributed by atoms with Crippen LogP contribution in [-0.2, 0) is 5.41 Å². The van der Waals surface area contributed by atoms with Crippen molar-refractivity contribution >= 4 is 0 Å². The first-order chi connectivity index (χ1) is 31.2. The Morgan fingerprint density at radius 2 is 0.778 bits per heavy atom. The summed E-state index contributed by atoms with van der Waals surface area (Å²) in [5, 5.41) is 0. The minimum absolute atomic E-state index is 0.538. The molecule has 63 heavy (non-hydrogen) atoms. The Morgan fingerprint density at radius 3 is 1.46 bits per heavy atom. The molecule has 0 fully saturated rings. The van der Waals surface area contributed by atoms with Crippen LogP contribution in [0.2, 0.25) is 0 Å². The summed E-state index contributed by atoms with van der Waals surface area (Å²) in [6.07, 6.45) is 0. The molecule has 0 saturated carbocycles. The van der Waals surface area contributed by atoms with Crippen molar-refractivity contribution in [1.82, 2.24) is 15.0 Å². The molecule has 9 aromatic carbocycles. The lowest BCUT2D eigenvalue weighted by Gasteiger charge is -2.34. The molecule has 0 unspecified atom stereocenters. The van der Waals surface area contributed by atoms with Gasteiger partial charge in [0.2, 0.25) is 0 Å². The van der Waals surface area contributed by atoms with Crippen molar-refractivity contribution in [3.05, 3.63) is 247 Å². The predicted octanol–water partition coefficient (Wildman–Crippen LogP) is 14.5. The van der Waals surface area contributed by atoms with Gasteiger partial charge in [-0.05, 0) is 74.3 Å². The first-order valence-electron chi connectivity index (χ1n) is 21.2. The highest BCUT2D eigenvalue weighted by molar-refractivity contribution is 5.92. The third kappa shape index (κ3) is 6.13. The molecule has 0 spiro atoms. The summed E-state index contributed by atoms with van der Waals surface area (Å²) < 4.78 is 13.6. The van der Waals surface area contributed by atoms with Crippen molar-refractivity contribution in [2.75, 3.05) is 0 Å². The lowest BCUT2D eigenvalue weighted by atomic mass is 9.68. The smallest absolute Gasteiger partial charge is 0.178 e. The Kier molecular flexibility index (Phi) is 8.64. The quantitative estimate of drug-likeness (QED) is 0.161. The minimum Gasteiger partial charge on any atom is -0.449 e. The highest BCUT2D eigenvalue weighted by atomic mass is 16.6. The van der Waals surface area contributed by atoms with Crippen molar-refractivity contribution < 1.29 is 9.47 Å². The van der Waals surface area contributed by atoms with E-state index in [1.165, 1.54) is 22.3 Å². The highest BCUT2D eigenvalue weighted by Crippen LogP contribution is 2.62. The summed E-state index contributed by atoms with van der Waals surface area (Å²) in [6.45, 7) is 0. The summed E-state index contributed by atoms with van der Waals surface area (Å²) >= 11 is 0. The number of aromatic nitrogens is 3. The van der Waals surface area contributed by atoms with Crippen molar-refractivity contribution in [3.8, 4) is 90.5 Å². The lowest BCUT2D eigenvalue weighted by Crippen LogP contribution is -2.28. The third-order valence-electron chi connectivity index (χ3n) is 12.3. The molecule has 2 heterocycles. The Morgan fingerprint density at radius 1 is 0.302 bits per heavy atom. The maximum atomic E-state index is 6.99. The van der Waals surface area contributed by atoms with Gasteiger partial charge in [-0.1, -0.05) is 200 Å².